The van der Waals surface area contributed by atoms with Crippen LogP contribution in [0.3, 0.4) is 0 Å². The molecule has 3 nitrogen and oxygen atoms in total. The molecule has 0 bridgehead atoms. The van der Waals surface area contributed by atoms with Crippen LogP contribution in [0, 0.1) is 5.92 Å². The van der Waals surface area contributed by atoms with Crippen molar-refractivity contribution in [3.05, 3.63) is 35.4 Å². The minimum Gasteiger partial charge on any atom is -0.295 e. The number of rotatable bonds is 2. The highest BCUT2D eigenvalue weighted by Gasteiger charge is 2.69. The van der Waals surface area contributed by atoms with Gasteiger partial charge in [-0.25, -0.2) is 0 Å². The van der Waals surface area contributed by atoms with Crippen LogP contribution in [-0.4, -0.2) is 11.8 Å². The molecular weight excluding hydrogens is 350 g/mol. The summed E-state index contributed by atoms with van der Waals surface area (Å²) in [6.45, 7) is 0. The third-order valence-corrected chi connectivity index (χ3v) is 4.65. The van der Waals surface area contributed by atoms with Crippen molar-refractivity contribution in [3.8, 4) is 0 Å². The summed E-state index contributed by atoms with van der Waals surface area (Å²) in [7, 11) is 0. The van der Waals surface area contributed by atoms with Crippen molar-refractivity contribution in [2.45, 2.75) is 15.6 Å². The molecule has 1 saturated carbocycles. The number of hydrogen-bond acceptors (Lipinski definition) is 2. The number of carbonyl (C=O) groups is 2. The van der Waals surface area contributed by atoms with Crippen molar-refractivity contribution in [3.63, 3.8) is 0 Å². The monoisotopic (exact) mass is 357 g/mol. The molecule has 2 atom stereocenters. The van der Waals surface area contributed by atoms with Crippen LogP contribution in [0.1, 0.15) is 21.3 Å². The molecule has 3 rings (SSSR count). The number of amides is 2. The first-order valence-corrected chi connectivity index (χ1v) is 7.13. The van der Waals surface area contributed by atoms with E-state index in [0.717, 1.165) is 11.1 Å². The second-order valence-electron chi connectivity index (χ2n) is 4.47. The third kappa shape index (κ3) is 1.52. The van der Waals surface area contributed by atoms with Gasteiger partial charge in [0.25, 0.3) is 0 Å². The van der Waals surface area contributed by atoms with Crippen LogP contribution in [0.4, 0.5) is 0 Å². The predicted octanol–water partition coefficient (Wildman–Crippen LogP) is 2.39. The summed E-state index contributed by atoms with van der Waals surface area (Å²) in [5, 5.41) is 2.40. The molecule has 5 heteroatoms. The zero-order valence-corrected chi connectivity index (χ0v) is 11.9. The molecule has 17 heavy (non-hydrogen) atoms. The van der Waals surface area contributed by atoms with Crippen molar-refractivity contribution < 1.29 is 9.59 Å². The summed E-state index contributed by atoms with van der Waals surface area (Å²) in [6, 6.07) is 7.79. The van der Waals surface area contributed by atoms with E-state index in [1.807, 2.05) is 24.3 Å². The van der Waals surface area contributed by atoms with Crippen molar-refractivity contribution >= 4 is 43.7 Å². The SMILES string of the molecule is O=C1NC(=O)C2(c3ccc(C(Br)Br)cc3)CC12. The maximum absolute atomic E-state index is 11.8. The Balaban J connectivity index is 1.96. The smallest absolute Gasteiger partial charge is 0.238 e. The van der Waals surface area contributed by atoms with E-state index >= 15 is 0 Å². The van der Waals surface area contributed by atoms with Crippen LogP contribution in [0.2, 0.25) is 0 Å². The highest BCUT2D eigenvalue weighted by Crippen LogP contribution is 2.57. The van der Waals surface area contributed by atoms with Crippen LogP contribution < -0.4 is 5.32 Å². The van der Waals surface area contributed by atoms with Gasteiger partial charge in [-0.3, -0.25) is 14.9 Å². The Morgan fingerprint density at radius 3 is 2.29 bits per heavy atom. The van der Waals surface area contributed by atoms with Crippen LogP contribution >= 0.6 is 31.9 Å². The third-order valence-electron chi connectivity index (χ3n) is 3.60. The highest BCUT2D eigenvalue weighted by molar-refractivity contribution is 9.24. The molecule has 1 N–H and O–H groups in total. The summed E-state index contributed by atoms with van der Waals surface area (Å²) >= 11 is 6.84. The number of alkyl halides is 2. The first kappa shape index (κ1) is 11.4. The van der Waals surface area contributed by atoms with Crippen LogP contribution in [0.5, 0.6) is 0 Å². The summed E-state index contributed by atoms with van der Waals surface area (Å²) < 4.78 is 0.107. The van der Waals surface area contributed by atoms with Crippen LogP contribution in [0.15, 0.2) is 24.3 Å². The lowest BCUT2D eigenvalue weighted by molar-refractivity contribution is -0.127. The number of benzene rings is 1. The molecule has 2 aliphatic rings. The Morgan fingerprint density at radius 1 is 1.24 bits per heavy atom. The molecule has 2 fully saturated rings. The molecule has 1 saturated heterocycles. The lowest BCUT2D eigenvalue weighted by Crippen LogP contribution is -2.30. The molecule has 1 heterocycles. The number of carbonyl (C=O) groups excluding carboxylic acids is 2. The lowest BCUT2D eigenvalue weighted by atomic mass is 9.93. The van der Waals surface area contributed by atoms with Crippen molar-refractivity contribution in [2.75, 3.05) is 0 Å². The summed E-state index contributed by atoms with van der Waals surface area (Å²) in [5.74, 6) is -0.419. The van der Waals surface area contributed by atoms with E-state index < -0.39 is 5.41 Å². The Kier molecular flexibility index (Phi) is 2.45. The number of fused-ring (bicyclic) bond motifs is 1. The van der Waals surface area contributed by atoms with Crippen LogP contribution in [0.25, 0.3) is 0 Å². The van der Waals surface area contributed by atoms with Gasteiger partial charge in [0.05, 0.1) is 15.1 Å². The van der Waals surface area contributed by atoms with E-state index in [1.165, 1.54) is 0 Å². The molecule has 1 aromatic rings. The van der Waals surface area contributed by atoms with Gasteiger partial charge in [0.2, 0.25) is 11.8 Å². The maximum Gasteiger partial charge on any atom is 0.238 e. The van der Waals surface area contributed by atoms with E-state index in [9.17, 15) is 9.59 Å². The van der Waals surface area contributed by atoms with Gasteiger partial charge >= 0.3 is 0 Å². The zero-order valence-electron chi connectivity index (χ0n) is 8.74. The van der Waals surface area contributed by atoms with Gasteiger partial charge in [0.1, 0.15) is 0 Å². The minimum absolute atomic E-state index is 0.107. The average molecular weight is 359 g/mol. The normalized spacial score (nSPS) is 30.4. The van der Waals surface area contributed by atoms with Crippen molar-refractivity contribution in [1.82, 2.24) is 5.32 Å². The van der Waals surface area contributed by atoms with Gasteiger partial charge in [0.15, 0.2) is 0 Å². The first-order valence-electron chi connectivity index (χ1n) is 5.29. The van der Waals surface area contributed by atoms with Gasteiger partial charge in [-0.05, 0) is 17.5 Å². The summed E-state index contributed by atoms with van der Waals surface area (Å²) in [6.07, 6.45) is 0.656. The van der Waals surface area contributed by atoms with E-state index in [1.54, 1.807) is 0 Å². The van der Waals surface area contributed by atoms with Gasteiger partial charge in [-0.1, -0.05) is 56.1 Å². The number of piperidine rings is 1. The molecule has 1 aliphatic heterocycles. The number of hydrogen-bond donors (Lipinski definition) is 1. The molecule has 1 aliphatic carbocycles. The largest absolute Gasteiger partial charge is 0.295 e. The number of nitrogens with one attached hydrogen (secondary N) is 1. The highest BCUT2D eigenvalue weighted by atomic mass is 79.9. The molecule has 0 radical (unpaired) electrons. The van der Waals surface area contributed by atoms with Gasteiger partial charge < -0.3 is 0 Å². The second-order valence-corrected chi connectivity index (χ2v) is 7.53. The van der Waals surface area contributed by atoms with E-state index in [4.69, 9.17) is 0 Å². The Bertz CT molecular complexity index is 512. The van der Waals surface area contributed by atoms with Crippen molar-refractivity contribution in [2.24, 2.45) is 5.92 Å². The Labute approximate surface area is 115 Å². The molecule has 88 valence electrons. The Morgan fingerprint density at radius 2 is 1.88 bits per heavy atom. The summed E-state index contributed by atoms with van der Waals surface area (Å²) in [5.41, 5.74) is 1.46. The fourth-order valence-electron chi connectivity index (χ4n) is 2.52. The standard InChI is InChI=1S/C12H9Br2NO2/c13-9(14)6-1-3-7(4-2-6)12-5-8(12)10(16)15-11(12)17/h1-4,8-9H,5H2,(H,15,16,17). The quantitative estimate of drug-likeness (QED) is 0.651. The molecule has 0 spiro atoms. The summed E-state index contributed by atoms with van der Waals surface area (Å²) in [4.78, 5) is 23.2. The van der Waals surface area contributed by atoms with E-state index in [-0.39, 0.29) is 21.5 Å². The Hall–Kier alpha value is -0.680. The average Bonchev–Trinajstić information content (AvgIpc) is 3.00. The minimum atomic E-state index is -0.566. The van der Waals surface area contributed by atoms with Gasteiger partial charge in [0, 0.05) is 0 Å². The molecule has 1 aromatic carbocycles. The number of halogens is 2. The van der Waals surface area contributed by atoms with Gasteiger partial charge in [-0.15, -0.1) is 0 Å². The molecule has 2 unspecified atom stereocenters. The molecular formula is C12H9Br2NO2. The number of imide groups is 1. The van der Waals surface area contributed by atoms with E-state index in [2.05, 4.69) is 37.2 Å². The molecule has 2 amide bonds. The van der Waals surface area contributed by atoms with Gasteiger partial charge in [-0.2, -0.15) is 0 Å². The topological polar surface area (TPSA) is 46.2 Å². The fourth-order valence-corrected chi connectivity index (χ4v) is 3.13. The van der Waals surface area contributed by atoms with E-state index in [0.29, 0.717) is 6.42 Å². The first-order chi connectivity index (χ1) is 8.05. The molecule has 0 aromatic heterocycles. The fraction of sp³-hybridized carbons (Fsp3) is 0.333. The predicted molar refractivity (Wildman–Crippen MR) is 70.0 cm³/mol. The second kappa shape index (κ2) is 3.65. The van der Waals surface area contributed by atoms with Crippen molar-refractivity contribution in [1.29, 1.82) is 0 Å². The lowest BCUT2D eigenvalue weighted by Gasteiger charge is -2.11. The van der Waals surface area contributed by atoms with Crippen LogP contribution in [-0.2, 0) is 15.0 Å². The maximum atomic E-state index is 11.8. The zero-order chi connectivity index (χ0) is 12.2.